The van der Waals surface area contributed by atoms with Crippen LogP contribution in [0.1, 0.15) is 12.5 Å². The second-order valence-electron chi connectivity index (χ2n) is 8.53. The molecule has 1 fully saturated rings. The standard InChI is InChI=1S/C26H26N4O5/c1-26(19-9-8-17-6-4-5-7-18(17)14-19)24(33)30(25(34)28-26)16-23(32)29(2)15-22(31)27-20-10-12-21(35-3)13-11-20/h4-14H,15-16H2,1-3H3,(H,27,31)(H,28,34)/t26-/m1/s1. The fourth-order valence-corrected chi connectivity index (χ4v) is 3.97. The molecule has 1 atom stereocenters. The predicted octanol–water partition coefficient (Wildman–Crippen LogP) is 2.71. The molecule has 0 unspecified atom stereocenters. The van der Waals surface area contributed by atoms with Gasteiger partial charge in [0.15, 0.2) is 0 Å². The Morgan fingerprint density at radius 3 is 2.40 bits per heavy atom. The lowest BCUT2D eigenvalue weighted by Gasteiger charge is -2.23. The number of urea groups is 1. The van der Waals surface area contributed by atoms with Crippen LogP contribution in [0.5, 0.6) is 5.75 Å². The van der Waals surface area contributed by atoms with Gasteiger partial charge in [-0.25, -0.2) is 4.79 Å². The summed E-state index contributed by atoms with van der Waals surface area (Å²) in [6.07, 6.45) is 0. The quantitative estimate of drug-likeness (QED) is 0.512. The number of anilines is 1. The summed E-state index contributed by atoms with van der Waals surface area (Å²) in [5.41, 5.74) is -0.125. The molecule has 180 valence electrons. The van der Waals surface area contributed by atoms with E-state index >= 15 is 0 Å². The molecule has 3 aromatic rings. The average molecular weight is 475 g/mol. The minimum Gasteiger partial charge on any atom is -0.497 e. The normalized spacial score (nSPS) is 17.3. The van der Waals surface area contributed by atoms with Crippen molar-refractivity contribution in [3.63, 3.8) is 0 Å². The van der Waals surface area contributed by atoms with Gasteiger partial charge in [-0.3, -0.25) is 19.3 Å². The fourth-order valence-electron chi connectivity index (χ4n) is 3.97. The Balaban J connectivity index is 1.40. The zero-order valence-electron chi connectivity index (χ0n) is 19.7. The van der Waals surface area contributed by atoms with Crippen molar-refractivity contribution in [1.82, 2.24) is 15.1 Å². The lowest BCUT2D eigenvalue weighted by atomic mass is 9.90. The molecule has 0 bridgehead atoms. The van der Waals surface area contributed by atoms with Gasteiger partial charge in [-0.2, -0.15) is 0 Å². The molecule has 1 heterocycles. The summed E-state index contributed by atoms with van der Waals surface area (Å²) in [5.74, 6) is -0.827. The number of benzene rings is 3. The number of carbonyl (C=O) groups excluding carboxylic acids is 4. The first-order valence-electron chi connectivity index (χ1n) is 11.0. The van der Waals surface area contributed by atoms with Gasteiger partial charge in [0.1, 0.15) is 17.8 Å². The Labute approximate surface area is 202 Å². The number of imide groups is 1. The van der Waals surface area contributed by atoms with Crippen molar-refractivity contribution in [3.05, 3.63) is 72.3 Å². The molecule has 1 aliphatic heterocycles. The van der Waals surface area contributed by atoms with Crippen LogP contribution in [-0.4, -0.2) is 60.8 Å². The Bertz CT molecular complexity index is 1310. The van der Waals surface area contributed by atoms with Crippen LogP contribution < -0.4 is 15.4 Å². The number of ether oxygens (including phenoxy) is 1. The van der Waals surface area contributed by atoms with Crippen molar-refractivity contribution in [2.24, 2.45) is 0 Å². The van der Waals surface area contributed by atoms with E-state index in [9.17, 15) is 19.2 Å². The van der Waals surface area contributed by atoms with Crippen LogP contribution in [0.4, 0.5) is 10.5 Å². The van der Waals surface area contributed by atoms with E-state index in [1.54, 1.807) is 44.4 Å². The first-order chi connectivity index (χ1) is 16.7. The Kier molecular flexibility index (Phi) is 6.42. The maximum absolute atomic E-state index is 13.2. The third kappa shape index (κ3) is 4.79. The summed E-state index contributed by atoms with van der Waals surface area (Å²) >= 11 is 0. The zero-order valence-corrected chi connectivity index (χ0v) is 19.7. The van der Waals surface area contributed by atoms with E-state index in [1.165, 1.54) is 11.9 Å². The summed E-state index contributed by atoms with van der Waals surface area (Å²) in [4.78, 5) is 53.0. The number of hydrogen-bond acceptors (Lipinski definition) is 5. The van der Waals surface area contributed by atoms with Crippen molar-refractivity contribution in [1.29, 1.82) is 0 Å². The van der Waals surface area contributed by atoms with Crippen LogP contribution in [-0.2, 0) is 19.9 Å². The molecule has 2 N–H and O–H groups in total. The number of fused-ring (bicyclic) bond motifs is 1. The van der Waals surface area contributed by atoms with Gasteiger partial charge in [0, 0.05) is 12.7 Å². The molecular weight excluding hydrogens is 448 g/mol. The number of carbonyl (C=O) groups is 4. The number of rotatable bonds is 7. The third-order valence-electron chi connectivity index (χ3n) is 6.08. The third-order valence-corrected chi connectivity index (χ3v) is 6.08. The van der Waals surface area contributed by atoms with Crippen molar-refractivity contribution in [2.45, 2.75) is 12.5 Å². The molecule has 0 saturated carbocycles. The van der Waals surface area contributed by atoms with Crippen LogP contribution >= 0.6 is 0 Å². The largest absolute Gasteiger partial charge is 0.497 e. The molecule has 0 radical (unpaired) electrons. The molecule has 0 spiro atoms. The van der Waals surface area contributed by atoms with E-state index in [4.69, 9.17) is 4.74 Å². The molecule has 1 aliphatic rings. The van der Waals surface area contributed by atoms with E-state index in [0.29, 0.717) is 17.0 Å². The Morgan fingerprint density at radius 1 is 1.03 bits per heavy atom. The number of likely N-dealkylation sites (N-methyl/N-ethyl adjacent to an activating group) is 1. The highest BCUT2D eigenvalue weighted by molar-refractivity contribution is 6.09. The lowest BCUT2D eigenvalue weighted by molar-refractivity contribution is -0.139. The molecular formula is C26H26N4O5. The van der Waals surface area contributed by atoms with Crippen LogP contribution in [0, 0.1) is 0 Å². The van der Waals surface area contributed by atoms with E-state index in [0.717, 1.165) is 15.7 Å². The summed E-state index contributed by atoms with van der Waals surface area (Å²) < 4.78 is 5.08. The smallest absolute Gasteiger partial charge is 0.325 e. The van der Waals surface area contributed by atoms with Crippen molar-refractivity contribution >= 4 is 40.2 Å². The molecule has 9 nitrogen and oxygen atoms in total. The van der Waals surface area contributed by atoms with Gasteiger partial charge in [-0.1, -0.05) is 36.4 Å². The Morgan fingerprint density at radius 2 is 1.71 bits per heavy atom. The highest BCUT2D eigenvalue weighted by atomic mass is 16.5. The van der Waals surface area contributed by atoms with E-state index in [1.807, 2.05) is 36.4 Å². The van der Waals surface area contributed by atoms with Crippen molar-refractivity contribution < 1.29 is 23.9 Å². The van der Waals surface area contributed by atoms with Crippen molar-refractivity contribution in [2.75, 3.05) is 32.6 Å². The topological polar surface area (TPSA) is 108 Å². The van der Waals surface area contributed by atoms with E-state index in [-0.39, 0.29) is 6.54 Å². The van der Waals surface area contributed by atoms with Crippen LogP contribution in [0.3, 0.4) is 0 Å². The summed E-state index contributed by atoms with van der Waals surface area (Å²) in [5, 5.41) is 7.35. The van der Waals surface area contributed by atoms with Crippen LogP contribution in [0.15, 0.2) is 66.7 Å². The SMILES string of the molecule is COc1ccc(NC(=O)CN(C)C(=O)CN2C(=O)N[C@](C)(c3ccc4ccccc4c3)C2=O)cc1. The summed E-state index contributed by atoms with van der Waals surface area (Å²) in [6.45, 7) is 0.907. The van der Waals surface area contributed by atoms with E-state index < -0.39 is 35.8 Å². The second kappa shape index (κ2) is 9.46. The lowest BCUT2D eigenvalue weighted by Crippen LogP contribution is -2.45. The second-order valence-corrected chi connectivity index (χ2v) is 8.53. The summed E-state index contributed by atoms with van der Waals surface area (Å²) in [7, 11) is 2.99. The fraction of sp³-hybridized carbons (Fsp3) is 0.231. The number of nitrogens with zero attached hydrogens (tertiary/aromatic N) is 2. The van der Waals surface area contributed by atoms with Gasteiger partial charge in [0.25, 0.3) is 5.91 Å². The molecule has 9 heteroatoms. The Hall–Kier alpha value is -4.40. The molecule has 0 aromatic heterocycles. The van der Waals surface area contributed by atoms with Gasteiger partial charge in [0.05, 0.1) is 13.7 Å². The molecule has 0 aliphatic carbocycles. The van der Waals surface area contributed by atoms with Gasteiger partial charge >= 0.3 is 6.03 Å². The highest BCUT2D eigenvalue weighted by Gasteiger charge is 2.49. The van der Waals surface area contributed by atoms with Gasteiger partial charge < -0.3 is 20.3 Å². The maximum atomic E-state index is 13.2. The van der Waals surface area contributed by atoms with Gasteiger partial charge in [0.2, 0.25) is 11.8 Å². The highest BCUT2D eigenvalue weighted by Crippen LogP contribution is 2.31. The van der Waals surface area contributed by atoms with Gasteiger partial charge in [-0.15, -0.1) is 0 Å². The van der Waals surface area contributed by atoms with Crippen LogP contribution in [0.2, 0.25) is 0 Å². The number of hydrogen-bond donors (Lipinski definition) is 2. The van der Waals surface area contributed by atoms with Crippen molar-refractivity contribution in [3.8, 4) is 5.75 Å². The monoisotopic (exact) mass is 474 g/mol. The first kappa shape index (κ1) is 23.7. The molecule has 35 heavy (non-hydrogen) atoms. The zero-order chi connectivity index (χ0) is 25.2. The molecule has 5 amide bonds. The average Bonchev–Trinajstić information content (AvgIpc) is 3.07. The first-order valence-corrected chi connectivity index (χ1v) is 11.0. The van der Waals surface area contributed by atoms with E-state index in [2.05, 4.69) is 10.6 Å². The van der Waals surface area contributed by atoms with Crippen LogP contribution in [0.25, 0.3) is 10.8 Å². The molecule has 3 aromatic carbocycles. The molecule has 1 saturated heterocycles. The minimum absolute atomic E-state index is 0.240. The van der Waals surface area contributed by atoms with Gasteiger partial charge in [-0.05, 0) is 53.6 Å². The minimum atomic E-state index is -1.30. The molecule has 4 rings (SSSR count). The number of nitrogens with one attached hydrogen (secondary N) is 2. The predicted molar refractivity (Wildman–Crippen MR) is 131 cm³/mol. The number of methoxy groups -OCH3 is 1. The number of amides is 5. The summed E-state index contributed by atoms with van der Waals surface area (Å²) in [6, 6.07) is 19.4. The maximum Gasteiger partial charge on any atom is 0.325 e.